The van der Waals surface area contributed by atoms with E-state index in [0.717, 1.165) is 6.92 Å². The van der Waals surface area contributed by atoms with Crippen LogP contribution in [0, 0.1) is 135 Å². The third-order valence-electron chi connectivity index (χ3n) is 7.15. The summed E-state index contributed by atoms with van der Waals surface area (Å²) in [6.45, 7) is 0.756. The van der Waals surface area contributed by atoms with Gasteiger partial charge >= 0.3 is 0 Å². The van der Waals surface area contributed by atoms with Crippen LogP contribution in [0.15, 0.2) is 0 Å². The summed E-state index contributed by atoms with van der Waals surface area (Å²) >= 11 is 0. The van der Waals surface area contributed by atoms with Crippen molar-refractivity contribution in [3.8, 4) is 0 Å². The highest BCUT2D eigenvalue weighted by Gasteiger charge is 2.42. The number of fused-ring (bicyclic) bond motifs is 1. The molecule has 0 aliphatic heterocycles. The van der Waals surface area contributed by atoms with Crippen LogP contribution in [0.5, 0.6) is 0 Å². The molecule has 0 aromatic heterocycles. The van der Waals surface area contributed by atoms with E-state index in [1.807, 2.05) is 0 Å². The second-order valence-electron chi connectivity index (χ2n) is 9.96. The molecule has 0 spiro atoms. The van der Waals surface area contributed by atoms with Crippen molar-refractivity contribution in [2.24, 2.45) is 0 Å². The van der Waals surface area contributed by atoms with E-state index in [1.54, 1.807) is 0 Å². The van der Waals surface area contributed by atoms with Gasteiger partial charge in [0.15, 0.2) is 105 Å². The van der Waals surface area contributed by atoms with Gasteiger partial charge in [0.25, 0.3) is 0 Å². The van der Waals surface area contributed by atoms with Crippen LogP contribution in [-0.2, 0) is 0 Å². The molecule has 0 fully saturated rings. The van der Waals surface area contributed by atoms with Crippen LogP contribution >= 0.6 is 0 Å². The molecule has 0 saturated carbocycles. The van der Waals surface area contributed by atoms with Gasteiger partial charge in [-0.2, -0.15) is 0 Å². The molecule has 5 aromatic carbocycles. The zero-order chi connectivity index (χ0) is 39.7. The maximum Gasteiger partial charge on any atom is 0.200 e. The Labute approximate surface area is 271 Å². The molecule has 0 N–H and O–H groups in total. The summed E-state index contributed by atoms with van der Waals surface area (Å²) in [6, 6.07) is 0. The van der Waals surface area contributed by atoms with E-state index in [0.29, 0.717) is 0 Å². The van der Waals surface area contributed by atoms with Crippen LogP contribution in [0.4, 0.5) is 96.6 Å². The second-order valence-corrected chi connectivity index (χ2v) is 9.96. The van der Waals surface area contributed by atoms with Crippen molar-refractivity contribution in [2.75, 3.05) is 0 Å². The van der Waals surface area contributed by atoms with Crippen LogP contribution in [0.25, 0.3) is 10.8 Å². The van der Waals surface area contributed by atoms with Crippen molar-refractivity contribution in [1.29, 1.82) is 0 Å². The molecule has 0 radical (unpaired) electrons. The predicted octanol–water partition coefficient (Wildman–Crippen LogP) is 11.1. The first kappa shape index (κ1) is 39.6. The standard InChI is InChI=1S/C19HF15.C11H3F7/c20-5-2(6(21)12(27)17(32)11(5)26)1(3-7(22)13(28)18(33)14(29)8(3)23)4-9(24)15(30)19(34)16(31)10(4)25;1-2-5(12)3-4(7(14)6(2)13)9(16)11(18)10(17)8(3)15/h1H;1H3. The summed E-state index contributed by atoms with van der Waals surface area (Å²) in [5, 5.41) is -3.05. The maximum absolute atomic E-state index is 14.4. The first-order chi connectivity index (χ1) is 23.9. The number of hydrogen-bond donors (Lipinski definition) is 0. The summed E-state index contributed by atoms with van der Waals surface area (Å²) in [7, 11) is 0. The zero-order valence-corrected chi connectivity index (χ0v) is 23.9. The van der Waals surface area contributed by atoms with Crippen molar-refractivity contribution < 1.29 is 96.6 Å². The summed E-state index contributed by atoms with van der Waals surface area (Å²) in [5.41, 5.74) is -8.99. The molecule has 0 aliphatic rings. The van der Waals surface area contributed by atoms with Crippen molar-refractivity contribution in [1.82, 2.24) is 0 Å². The van der Waals surface area contributed by atoms with Crippen LogP contribution in [0.3, 0.4) is 0 Å². The van der Waals surface area contributed by atoms with Crippen LogP contribution in [0.1, 0.15) is 28.2 Å². The van der Waals surface area contributed by atoms with Crippen molar-refractivity contribution in [2.45, 2.75) is 12.8 Å². The molecule has 278 valence electrons. The lowest BCUT2D eigenvalue weighted by atomic mass is 9.82. The first-order valence-corrected chi connectivity index (χ1v) is 12.8. The van der Waals surface area contributed by atoms with E-state index in [1.165, 1.54) is 0 Å². The second kappa shape index (κ2) is 13.7. The smallest absolute Gasteiger partial charge is 0.200 e. The molecule has 0 bridgehead atoms. The molecule has 0 unspecified atom stereocenters. The molecule has 0 saturated heterocycles. The minimum atomic E-state index is -3.96. The van der Waals surface area contributed by atoms with Gasteiger partial charge in [-0.15, -0.1) is 0 Å². The summed E-state index contributed by atoms with van der Waals surface area (Å²) < 4.78 is 301. The highest BCUT2D eigenvalue weighted by Crippen LogP contribution is 2.44. The average molecular weight is 782 g/mol. The first-order valence-electron chi connectivity index (χ1n) is 12.8. The Morgan fingerprint density at radius 1 is 0.212 bits per heavy atom. The fourth-order valence-electron chi connectivity index (χ4n) is 4.66. The third-order valence-corrected chi connectivity index (χ3v) is 7.15. The van der Waals surface area contributed by atoms with Crippen molar-refractivity contribution in [3.63, 3.8) is 0 Å². The molecular formula is C30H4F22. The average Bonchev–Trinajstić information content (AvgIpc) is 3.11. The van der Waals surface area contributed by atoms with E-state index < -0.39 is 167 Å². The molecule has 0 nitrogen and oxygen atoms in total. The molecule has 0 aliphatic carbocycles. The summed E-state index contributed by atoms with van der Waals surface area (Å²) in [4.78, 5) is 0. The SMILES string of the molecule is Cc1c(F)c(F)c2c(F)c(F)c(F)c(F)c2c1F.Fc1c(F)c(F)c(C(c2c(F)c(F)c(F)c(F)c2F)c2c(F)c(F)c(F)c(F)c2F)c(F)c1F. The van der Waals surface area contributed by atoms with E-state index in [-0.39, 0.29) is 0 Å². The van der Waals surface area contributed by atoms with Gasteiger partial charge in [-0.05, 0) is 6.92 Å². The fraction of sp³-hybridized carbons (Fsp3) is 0.0667. The lowest BCUT2D eigenvalue weighted by Crippen LogP contribution is -2.22. The van der Waals surface area contributed by atoms with Crippen LogP contribution < -0.4 is 0 Å². The Morgan fingerprint density at radius 2 is 0.385 bits per heavy atom. The molecule has 22 heteroatoms. The van der Waals surface area contributed by atoms with Crippen LogP contribution in [-0.4, -0.2) is 0 Å². The Hall–Kier alpha value is -5.18. The van der Waals surface area contributed by atoms with Gasteiger partial charge in [0.05, 0.1) is 16.7 Å². The number of halogens is 22. The Kier molecular flexibility index (Phi) is 10.5. The number of rotatable bonds is 3. The molecule has 5 aromatic rings. The van der Waals surface area contributed by atoms with E-state index in [4.69, 9.17) is 0 Å². The summed E-state index contributed by atoms with van der Waals surface area (Å²) in [6.07, 6.45) is 0. The largest absolute Gasteiger partial charge is 0.206 e. The quantitative estimate of drug-likeness (QED) is 0.0740. The molecule has 0 amide bonds. The number of hydrogen-bond acceptors (Lipinski definition) is 0. The normalized spacial score (nSPS) is 11.5. The highest BCUT2D eigenvalue weighted by molar-refractivity contribution is 5.86. The predicted molar refractivity (Wildman–Crippen MR) is 128 cm³/mol. The Bertz CT molecular complexity index is 1980. The topological polar surface area (TPSA) is 0 Å². The molecule has 0 atom stereocenters. The van der Waals surface area contributed by atoms with Gasteiger partial charge in [-0.1, -0.05) is 0 Å². The van der Waals surface area contributed by atoms with Crippen molar-refractivity contribution in [3.05, 3.63) is 150 Å². The minimum absolute atomic E-state index is 0.756. The zero-order valence-electron chi connectivity index (χ0n) is 23.9. The van der Waals surface area contributed by atoms with Gasteiger partial charge in [0.2, 0.25) is 17.5 Å². The maximum atomic E-state index is 14.4. The van der Waals surface area contributed by atoms with Crippen LogP contribution in [0.2, 0.25) is 0 Å². The lowest BCUT2D eigenvalue weighted by Gasteiger charge is -2.23. The number of benzene rings is 5. The van der Waals surface area contributed by atoms with Gasteiger partial charge in [-0.3, -0.25) is 0 Å². The van der Waals surface area contributed by atoms with E-state index in [9.17, 15) is 96.6 Å². The fourth-order valence-corrected chi connectivity index (χ4v) is 4.66. The molecule has 0 heterocycles. The van der Waals surface area contributed by atoms with Gasteiger partial charge < -0.3 is 0 Å². The molecule has 52 heavy (non-hydrogen) atoms. The van der Waals surface area contributed by atoms with Crippen molar-refractivity contribution >= 4 is 10.8 Å². The van der Waals surface area contributed by atoms with Gasteiger partial charge in [-0.25, -0.2) is 96.6 Å². The lowest BCUT2D eigenvalue weighted by molar-refractivity contribution is 0.346. The minimum Gasteiger partial charge on any atom is -0.206 e. The van der Waals surface area contributed by atoms with Gasteiger partial charge in [0, 0.05) is 22.3 Å². The summed E-state index contributed by atoms with van der Waals surface area (Å²) in [5.74, 6) is -63.5. The molecule has 5 rings (SSSR count). The third kappa shape index (κ3) is 5.71. The Morgan fingerprint density at radius 3 is 0.635 bits per heavy atom. The Balaban J connectivity index is 0.000000281. The molecular weight excluding hydrogens is 778 g/mol. The highest BCUT2D eigenvalue weighted by atomic mass is 19.2. The monoisotopic (exact) mass is 782 g/mol. The van der Waals surface area contributed by atoms with E-state index >= 15 is 0 Å². The van der Waals surface area contributed by atoms with Gasteiger partial charge in [0.1, 0.15) is 5.82 Å². The van der Waals surface area contributed by atoms with E-state index in [2.05, 4.69) is 0 Å².